The predicted octanol–water partition coefficient (Wildman–Crippen LogP) is 2.93. The minimum Gasteiger partial charge on any atom is -0.379 e. The number of anilines is 1. The van der Waals surface area contributed by atoms with Crippen LogP contribution in [0.1, 0.15) is 12.0 Å². The van der Waals surface area contributed by atoms with Crippen LogP contribution in [0.4, 0.5) is 5.69 Å². The lowest BCUT2D eigenvalue weighted by molar-refractivity contribution is -0.116. The van der Waals surface area contributed by atoms with Gasteiger partial charge in [-0.05, 0) is 48.4 Å². The number of halogens is 1. The number of nitrogens with zero attached hydrogens (tertiary/aromatic N) is 1. The van der Waals surface area contributed by atoms with E-state index in [2.05, 4.69) is 5.32 Å². The number of morpholine rings is 1. The number of carbonyl (C=O) groups excluding carboxylic acids is 1. The average molecular weight is 409 g/mol. The lowest BCUT2D eigenvalue weighted by Gasteiger charge is -2.26. The Labute approximate surface area is 164 Å². The van der Waals surface area contributed by atoms with Crippen LogP contribution < -0.4 is 5.32 Å². The van der Waals surface area contributed by atoms with Crippen LogP contribution in [0.3, 0.4) is 0 Å². The Morgan fingerprint density at radius 3 is 2.30 bits per heavy atom. The second-order valence-corrected chi connectivity index (χ2v) is 8.59. The summed E-state index contributed by atoms with van der Waals surface area (Å²) in [5.41, 5.74) is 1.60. The number of ether oxygens (including phenoxy) is 1. The molecule has 1 saturated heterocycles. The second-order valence-electron chi connectivity index (χ2n) is 6.22. The van der Waals surface area contributed by atoms with Gasteiger partial charge >= 0.3 is 0 Å². The van der Waals surface area contributed by atoms with Gasteiger partial charge in [0.25, 0.3) is 0 Å². The summed E-state index contributed by atoms with van der Waals surface area (Å²) < 4.78 is 31.8. The molecule has 144 valence electrons. The van der Waals surface area contributed by atoms with Crippen molar-refractivity contribution in [1.82, 2.24) is 4.31 Å². The van der Waals surface area contributed by atoms with Crippen LogP contribution in [0, 0.1) is 0 Å². The predicted molar refractivity (Wildman–Crippen MR) is 104 cm³/mol. The lowest BCUT2D eigenvalue weighted by Crippen LogP contribution is -2.40. The Kier molecular flexibility index (Phi) is 6.49. The molecule has 2 aromatic rings. The van der Waals surface area contributed by atoms with Crippen molar-refractivity contribution in [2.24, 2.45) is 0 Å². The molecule has 0 atom stereocenters. The fourth-order valence-corrected chi connectivity index (χ4v) is 4.31. The van der Waals surface area contributed by atoms with Gasteiger partial charge in [0.05, 0.1) is 18.1 Å². The third kappa shape index (κ3) is 5.29. The van der Waals surface area contributed by atoms with Crippen LogP contribution in [0.15, 0.2) is 53.4 Å². The van der Waals surface area contributed by atoms with Crippen molar-refractivity contribution in [2.75, 3.05) is 31.6 Å². The minimum absolute atomic E-state index is 0.131. The van der Waals surface area contributed by atoms with Crippen molar-refractivity contribution < 1.29 is 17.9 Å². The molecule has 27 heavy (non-hydrogen) atoms. The van der Waals surface area contributed by atoms with Gasteiger partial charge in [-0.1, -0.05) is 23.7 Å². The highest BCUT2D eigenvalue weighted by atomic mass is 35.5. The van der Waals surface area contributed by atoms with E-state index in [0.29, 0.717) is 49.9 Å². The van der Waals surface area contributed by atoms with E-state index in [4.69, 9.17) is 16.3 Å². The molecular formula is C19H21ClN2O4S. The Balaban J connectivity index is 1.56. The molecule has 0 unspecified atom stereocenters. The van der Waals surface area contributed by atoms with Crippen molar-refractivity contribution in [2.45, 2.75) is 17.7 Å². The molecule has 6 nitrogen and oxygen atoms in total. The highest BCUT2D eigenvalue weighted by Crippen LogP contribution is 2.19. The van der Waals surface area contributed by atoms with Crippen molar-refractivity contribution in [1.29, 1.82) is 0 Å². The smallest absolute Gasteiger partial charge is 0.243 e. The summed E-state index contributed by atoms with van der Waals surface area (Å²) in [6.45, 7) is 1.51. The summed E-state index contributed by atoms with van der Waals surface area (Å²) in [6, 6.07) is 13.6. The van der Waals surface area contributed by atoms with Gasteiger partial charge in [-0.15, -0.1) is 0 Å². The van der Waals surface area contributed by atoms with E-state index in [0.717, 1.165) is 5.56 Å². The van der Waals surface area contributed by atoms with E-state index >= 15 is 0 Å². The molecule has 2 aromatic carbocycles. The van der Waals surface area contributed by atoms with Crippen LogP contribution in [-0.2, 0) is 26.0 Å². The van der Waals surface area contributed by atoms with Gasteiger partial charge in [0.1, 0.15) is 0 Å². The van der Waals surface area contributed by atoms with Crippen LogP contribution in [0.2, 0.25) is 5.02 Å². The van der Waals surface area contributed by atoms with Gasteiger partial charge in [0.15, 0.2) is 0 Å². The number of aryl methyl sites for hydroxylation is 1. The van der Waals surface area contributed by atoms with E-state index in [-0.39, 0.29) is 10.8 Å². The molecule has 0 radical (unpaired) electrons. The Hall–Kier alpha value is -1.93. The zero-order valence-electron chi connectivity index (χ0n) is 14.7. The van der Waals surface area contributed by atoms with Gasteiger partial charge in [0, 0.05) is 30.2 Å². The molecule has 1 N–H and O–H groups in total. The molecule has 0 spiro atoms. The zero-order chi connectivity index (χ0) is 19.3. The summed E-state index contributed by atoms with van der Waals surface area (Å²) in [5, 5.41) is 3.45. The SMILES string of the molecule is O=C(CCc1ccc(Cl)cc1)Nc1ccc(S(=O)(=O)N2CCOCC2)cc1. The fourth-order valence-electron chi connectivity index (χ4n) is 2.78. The fraction of sp³-hybridized carbons (Fsp3) is 0.316. The highest BCUT2D eigenvalue weighted by molar-refractivity contribution is 7.89. The quantitative estimate of drug-likeness (QED) is 0.797. The summed E-state index contributed by atoms with van der Waals surface area (Å²) in [7, 11) is -3.53. The van der Waals surface area contributed by atoms with E-state index in [1.807, 2.05) is 12.1 Å². The van der Waals surface area contributed by atoms with Gasteiger partial charge in [0.2, 0.25) is 15.9 Å². The van der Waals surface area contributed by atoms with Gasteiger partial charge in [-0.25, -0.2) is 8.42 Å². The molecule has 3 rings (SSSR count). The van der Waals surface area contributed by atoms with Crippen molar-refractivity contribution in [3.63, 3.8) is 0 Å². The van der Waals surface area contributed by atoms with Crippen LogP contribution in [0.25, 0.3) is 0 Å². The Morgan fingerprint density at radius 2 is 1.67 bits per heavy atom. The third-order valence-electron chi connectivity index (χ3n) is 4.30. The van der Waals surface area contributed by atoms with Gasteiger partial charge in [-0.3, -0.25) is 4.79 Å². The molecule has 0 aliphatic carbocycles. The number of nitrogens with one attached hydrogen (secondary N) is 1. The lowest BCUT2D eigenvalue weighted by atomic mass is 10.1. The van der Waals surface area contributed by atoms with E-state index < -0.39 is 10.0 Å². The molecule has 8 heteroatoms. The first-order valence-electron chi connectivity index (χ1n) is 8.67. The first kappa shape index (κ1) is 19.8. The maximum atomic E-state index is 12.6. The normalized spacial score (nSPS) is 15.4. The monoisotopic (exact) mass is 408 g/mol. The van der Waals surface area contributed by atoms with E-state index in [1.165, 1.54) is 16.4 Å². The molecule has 0 saturated carbocycles. The Bertz CT molecular complexity index is 877. The maximum Gasteiger partial charge on any atom is 0.243 e. The number of sulfonamides is 1. The number of carbonyl (C=O) groups is 1. The number of rotatable bonds is 6. The van der Waals surface area contributed by atoms with Crippen LogP contribution in [0.5, 0.6) is 0 Å². The molecule has 1 aliphatic heterocycles. The molecule has 0 bridgehead atoms. The molecular weight excluding hydrogens is 388 g/mol. The maximum absolute atomic E-state index is 12.6. The minimum atomic E-state index is -3.53. The highest BCUT2D eigenvalue weighted by Gasteiger charge is 2.26. The standard InChI is InChI=1S/C19H21ClN2O4S/c20-16-4-1-15(2-5-16)3-10-19(23)21-17-6-8-18(9-7-17)27(24,25)22-11-13-26-14-12-22/h1-2,4-9H,3,10-14H2,(H,21,23). The largest absolute Gasteiger partial charge is 0.379 e. The number of hydrogen-bond donors (Lipinski definition) is 1. The summed E-state index contributed by atoms with van der Waals surface area (Å²) in [5.74, 6) is -0.131. The molecule has 0 aromatic heterocycles. The average Bonchev–Trinajstić information content (AvgIpc) is 2.69. The number of benzene rings is 2. The van der Waals surface area contributed by atoms with Gasteiger partial charge < -0.3 is 10.1 Å². The molecule has 1 aliphatic rings. The van der Waals surface area contributed by atoms with Crippen LogP contribution >= 0.6 is 11.6 Å². The number of hydrogen-bond acceptors (Lipinski definition) is 4. The van der Waals surface area contributed by atoms with E-state index in [1.54, 1.807) is 24.3 Å². The van der Waals surface area contributed by atoms with Crippen LogP contribution in [-0.4, -0.2) is 44.9 Å². The molecule has 1 amide bonds. The van der Waals surface area contributed by atoms with Crippen molar-refractivity contribution in [3.05, 3.63) is 59.1 Å². The van der Waals surface area contributed by atoms with E-state index in [9.17, 15) is 13.2 Å². The zero-order valence-corrected chi connectivity index (χ0v) is 16.3. The Morgan fingerprint density at radius 1 is 1.04 bits per heavy atom. The molecule has 1 heterocycles. The molecule has 1 fully saturated rings. The topological polar surface area (TPSA) is 75.7 Å². The first-order chi connectivity index (χ1) is 12.9. The van der Waals surface area contributed by atoms with Crippen molar-refractivity contribution >= 4 is 33.2 Å². The summed E-state index contributed by atoms with van der Waals surface area (Å²) in [6.07, 6.45) is 0.932. The third-order valence-corrected chi connectivity index (χ3v) is 6.46. The van der Waals surface area contributed by atoms with Gasteiger partial charge in [-0.2, -0.15) is 4.31 Å². The van der Waals surface area contributed by atoms with Crippen molar-refractivity contribution in [3.8, 4) is 0 Å². The first-order valence-corrected chi connectivity index (χ1v) is 10.5. The second kappa shape index (κ2) is 8.84. The summed E-state index contributed by atoms with van der Waals surface area (Å²) in [4.78, 5) is 12.3. The summed E-state index contributed by atoms with van der Waals surface area (Å²) >= 11 is 5.84. The number of amides is 1.